The highest BCUT2D eigenvalue weighted by molar-refractivity contribution is 6.51. The van der Waals surface area contributed by atoms with E-state index in [0.717, 1.165) is 4.90 Å². The zero-order chi connectivity index (χ0) is 23.7. The summed E-state index contributed by atoms with van der Waals surface area (Å²) in [6, 6.07) is 12.2. The van der Waals surface area contributed by atoms with E-state index in [4.69, 9.17) is 9.26 Å². The minimum atomic E-state index is -1.15. The molecule has 1 fully saturated rings. The molecule has 1 atom stereocenters. The third kappa shape index (κ3) is 3.93. The van der Waals surface area contributed by atoms with E-state index in [1.807, 2.05) is 6.92 Å². The molecule has 1 aliphatic rings. The number of rotatable bonds is 6. The molecule has 10 nitrogen and oxygen atoms in total. The van der Waals surface area contributed by atoms with Gasteiger partial charge >= 0.3 is 5.91 Å². The van der Waals surface area contributed by atoms with Crippen molar-refractivity contribution in [2.24, 2.45) is 0 Å². The summed E-state index contributed by atoms with van der Waals surface area (Å²) in [4.78, 5) is 37.9. The number of benzene rings is 2. The van der Waals surface area contributed by atoms with Crippen molar-refractivity contribution in [3.8, 4) is 5.75 Å². The lowest BCUT2D eigenvalue weighted by atomic mass is 9.95. The first kappa shape index (κ1) is 21.8. The van der Waals surface area contributed by atoms with Gasteiger partial charge in [0.1, 0.15) is 17.3 Å². The molecule has 0 saturated carbocycles. The standard InChI is InChI=1S/C23H19N3O7/c1-3-32-17-9-7-14(8-10-17)21(27)19-20(15-5-4-6-16(12-15)26(30)31)25(23(29)22(19)28)18-11-13(2)33-24-18/h4-12,20,27H,3H2,1-2H3/b21-19+/t20-/m1/s1. The molecule has 33 heavy (non-hydrogen) atoms. The lowest BCUT2D eigenvalue weighted by Gasteiger charge is -2.22. The number of Topliss-reactive ketones (excluding diaryl/α,β-unsaturated/α-hetero) is 1. The maximum Gasteiger partial charge on any atom is 0.301 e. The number of aliphatic hydroxyl groups is 1. The Morgan fingerprint density at radius 3 is 2.55 bits per heavy atom. The number of amides is 1. The van der Waals surface area contributed by atoms with Crippen LogP contribution >= 0.6 is 0 Å². The average molecular weight is 449 g/mol. The Morgan fingerprint density at radius 1 is 1.21 bits per heavy atom. The van der Waals surface area contributed by atoms with Crippen LogP contribution in [0.4, 0.5) is 11.5 Å². The van der Waals surface area contributed by atoms with Gasteiger partial charge in [0.25, 0.3) is 11.5 Å². The average Bonchev–Trinajstić information content (AvgIpc) is 3.34. The largest absolute Gasteiger partial charge is 0.507 e. The summed E-state index contributed by atoms with van der Waals surface area (Å²) < 4.78 is 10.5. The molecule has 0 aliphatic carbocycles. The van der Waals surface area contributed by atoms with Crippen molar-refractivity contribution in [3.05, 3.63) is 87.2 Å². The third-order valence-corrected chi connectivity index (χ3v) is 5.14. The van der Waals surface area contributed by atoms with E-state index in [1.165, 1.54) is 30.3 Å². The van der Waals surface area contributed by atoms with Crippen LogP contribution < -0.4 is 9.64 Å². The number of ether oxygens (including phenoxy) is 1. The third-order valence-electron chi connectivity index (χ3n) is 5.14. The lowest BCUT2D eigenvalue weighted by molar-refractivity contribution is -0.384. The molecule has 1 amide bonds. The Morgan fingerprint density at radius 2 is 1.94 bits per heavy atom. The van der Waals surface area contributed by atoms with E-state index in [-0.39, 0.29) is 28.2 Å². The Balaban J connectivity index is 1.91. The summed E-state index contributed by atoms with van der Waals surface area (Å²) in [6.45, 7) is 3.91. The van der Waals surface area contributed by atoms with Crippen LogP contribution in [0.25, 0.3) is 5.76 Å². The number of carbonyl (C=O) groups excluding carboxylic acids is 2. The fourth-order valence-corrected chi connectivity index (χ4v) is 3.69. The smallest absolute Gasteiger partial charge is 0.301 e. The minimum Gasteiger partial charge on any atom is -0.507 e. The molecule has 0 spiro atoms. The van der Waals surface area contributed by atoms with Crippen molar-refractivity contribution in [3.63, 3.8) is 0 Å². The molecule has 3 aromatic rings. The summed E-state index contributed by atoms with van der Waals surface area (Å²) in [7, 11) is 0. The van der Waals surface area contributed by atoms with Gasteiger partial charge in [-0.2, -0.15) is 0 Å². The van der Waals surface area contributed by atoms with Crippen LogP contribution in [0.5, 0.6) is 5.75 Å². The number of non-ortho nitro benzene ring substituents is 1. The van der Waals surface area contributed by atoms with Gasteiger partial charge in [0.05, 0.1) is 23.1 Å². The monoisotopic (exact) mass is 449 g/mol. The van der Waals surface area contributed by atoms with Gasteiger partial charge in [-0.3, -0.25) is 24.6 Å². The number of aliphatic hydroxyl groups excluding tert-OH is 1. The Labute approximate surface area is 187 Å². The highest BCUT2D eigenvalue weighted by Gasteiger charge is 2.48. The molecule has 0 radical (unpaired) electrons. The number of anilines is 1. The van der Waals surface area contributed by atoms with E-state index in [1.54, 1.807) is 31.2 Å². The van der Waals surface area contributed by atoms with Crippen molar-refractivity contribution in [1.82, 2.24) is 5.16 Å². The molecule has 1 aromatic heterocycles. The van der Waals surface area contributed by atoms with Crippen molar-refractivity contribution in [2.45, 2.75) is 19.9 Å². The van der Waals surface area contributed by atoms with Gasteiger partial charge in [0, 0.05) is 23.8 Å². The normalized spacial score (nSPS) is 17.4. The molecule has 10 heteroatoms. The number of nitrogens with zero attached hydrogens (tertiary/aromatic N) is 3. The van der Waals surface area contributed by atoms with Crippen molar-refractivity contribution in [1.29, 1.82) is 0 Å². The molecule has 1 aliphatic heterocycles. The topological polar surface area (TPSA) is 136 Å². The Hall–Kier alpha value is -4.47. The van der Waals surface area contributed by atoms with Gasteiger partial charge in [-0.15, -0.1) is 0 Å². The molecule has 4 rings (SSSR count). The molecule has 168 valence electrons. The second kappa shape index (κ2) is 8.58. The number of hydrogen-bond donors (Lipinski definition) is 1. The highest BCUT2D eigenvalue weighted by Crippen LogP contribution is 2.42. The van der Waals surface area contributed by atoms with E-state index < -0.39 is 28.4 Å². The predicted molar refractivity (Wildman–Crippen MR) is 117 cm³/mol. The van der Waals surface area contributed by atoms with Gasteiger partial charge in [0.2, 0.25) is 0 Å². The van der Waals surface area contributed by atoms with Gasteiger partial charge in [0.15, 0.2) is 5.82 Å². The first-order valence-corrected chi connectivity index (χ1v) is 10.0. The van der Waals surface area contributed by atoms with E-state index >= 15 is 0 Å². The summed E-state index contributed by atoms with van der Waals surface area (Å²) >= 11 is 0. The molecule has 2 heterocycles. The zero-order valence-corrected chi connectivity index (χ0v) is 17.7. The van der Waals surface area contributed by atoms with Gasteiger partial charge < -0.3 is 14.4 Å². The Bertz CT molecular complexity index is 1280. The van der Waals surface area contributed by atoms with Crippen LogP contribution in [0.2, 0.25) is 0 Å². The molecule has 0 unspecified atom stereocenters. The quantitative estimate of drug-likeness (QED) is 0.197. The number of aromatic nitrogens is 1. The number of hydrogen-bond acceptors (Lipinski definition) is 8. The van der Waals surface area contributed by atoms with E-state index in [9.17, 15) is 24.8 Å². The van der Waals surface area contributed by atoms with E-state index in [2.05, 4.69) is 5.16 Å². The summed E-state index contributed by atoms with van der Waals surface area (Å²) in [5, 5.41) is 26.2. The van der Waals surface area contributed by atoms with Crippen molar-refractivity contribution < 1.29 is 28.9 Å². The fourth-order valence-electron chi connectivity index (χ4n) is 3.69. The predicted octanol–water partition coefficient (Wildman–Crippen LogP) is 3.92. The van der Waals surface area contributed by atoms with E-state index in [0.29, 0.717) is 18.1 Å². The first-order valence-electron chi connectivity index (χ1n) is 10.0. The molecule has 2 aromatic carbocycles. The van der Waals surface area contributed by atoms with Crippen molar-refractivity contribution >= 4 is 29.0 Å². The molecule has 0 bridgehead atoms. The summed E-state index contributed by atoms with van der Waals surface area (Å²) in [5.41, 5.74) is 0.0977. The van der Waals surface area contributed by atoms with Crippen LogP contribution in [-0.4, -0.2) is 33.5 Å². The van der Waals surface area contributed by atoms with Crippen LogP contribution in [0.1, 0.15) is 29.9 Å². The summed E-state index contributed by atoms with van der Waals surface area (Å²) in [5.74, 6) is -1.28. The lowest BCUT2D eigenvalue weighted by Crippen LogP contribution is -2.29. The van der Waals surface area contributed by atoms with Gasteiger partial charge in [-0.25, -0.2) is 0 Å². The minimum absolute atomic E-state index is 0.0526. The Kier molecular flexibility index (Phi) is 5.65. The number of aryl methyl sites for hydroxylation is 1. The van der Waals surface area contributed by atoms with Gasteiger partial charge in [-0.1, -0.05) is 17.3 Å². The van der Waals surface area contributed by atoms with Crippen molar-refractivity contribution in [2.75, 3.05) is 11.5 Å². The number of nitro groups is 1. The molecular formula is C23H19N3O7. The molecule has 1 saturated heterocycles. The van der Waals surface area contributed by atoms with Crippen LogP contribution in [-0.2, 0) is 9.59 Å². The second-order valence-electron chi connectivity index (χ2n) is 7.27. The zero-order valence-electron chi connectivity index (χ0n) is 17.7. The fraction of sp³-hybridized carbons (Fsp3) is 0.174. The van der Waals surface area contributed by atoms with Crippen LogP contribution in [0, 0.1) is 17.0 Å². The SMILES string of the molecule is CCOc1ccc(/C(O)=C2\C(=O)C(=O)N(c3cc(C)on3)[C@@H]2c2cccc([N+](=O)[O-])c2)cc1. The number of ketones is 1. The maximum absolute atomic E-state index is 13.1. The van der Waals surface area contributed by atoms with Crippen LogP contribution in [0.3, 0.4) is 0 Å². The van der Waals surface area contributed by atoms with Gasteiger partial charge in [-0.05, 0) is 43.7 Å². The van der Waals surface area contributed by atoms with Crippen LogP contribution in [0.15, 0.2) is 64.7 Å². The summed E-state index contributed by atoms with van der Waals surface area (Å²) in [6.07, 6.45) is 0. The molecular weight excluding hydrogens is 430 g/mol. The molecule has 1 N–H and O–H groups in total. The first-order chi connectivity index (χ1) is 15.8. The second-order valence-corrected chi connectivity index (χ2v) is 7.27. The number of carbonyl (C=O) groups is 2. The maximum atomic E-state index is 13.1. The number of nitro benzene ring substituents is 1. The highest BCUT2D eigenvalue weighted by atomic mass is 16.6.